The lowest BCUT2D eigenvalue weighted by atomic mass is 10.2. The van der Waals surface area contributed by atoms with E-state index in [0.29, 0.717) is 17.1 Å². The Morgan fingerprint density at radius 1 is 1.13 bits per heavy atom. The third-order valence-corrected chi connectivity index (χ3v) is 3.37. The van der Waals surface area contributed by atoms with Crippen molar-refractivity contribution in [2.24, 2.45) is 7.05 Å². The van der Waals surface area contributed by atoms with E-state index in [1.165, 1.54) is 14.2 Å². The molecule has 9 nitrogen and oxygen atoms in total. The molecule has 0 saturated heterocycles. The molecular formula is C14H13N5O4. The van der Waals surface area contributed by atoms with Crippen LogP contribution in [0.2, 0.25) is 0 Å². The van der Waals surface area contributed by atoms with Crippen LogP contribution in [0.1, 0.15) is 0 Å². The minimum absolute atomic E-state index is 0.0231. The van der Waals surface area contributed by atoms with Crippen molar-refractivity contribution in [1.29, 1.82) is 0 Å². The number of ether oxygens (including phenoxy) is 2. The SMILES string of the molecule is COc1ccc(-c2nnc3[nH]c(=O)n(C)c(=O)c3n2)c(OC)c1. The number of nitrogens with zero attached hydrogens (tertiary/aromatic N) is 4. The molecule has 0 aliphatic heterocycles. The van der Waals surface area contributed by atoms with Crippen LogP contribution in [0.4, 0.5) is 0 Å². The minimum Gasteiger partial charge on any atom is -0.497 e. The molecule has 0 atom stereocenters. The van der Waals surface area contributed by atoms with Gasteiger partial charge in [-0.1, -0.05) is 0 Å². The standard InChI is InChI=1S/C14H13N5O4/c1-19-13(20)10-12(16-14(19)21)18-17-11(15-10)8-5-4-7(22-2)6-9(8)23-3/h4-6H,1-3H3,(H,16,18,21). The summed E-state index contributed by atoms with van der Waals surface area (Å²) in [7, 11) is 4.40. The first-order valence-corrected chi connectivity index (χ1v) is 6.61. The zero-order valence-corrected chi connectivity index (χ0v) is 12.7. The molecule has 3 aromatic rings. The first kappa shape index (κ1) is 14.7. The highest BCUT2D eigenvalue weighted by atomic mass is 16.5. The van der Waals surface area contributed by atoms with Gasteiger partial charge in [-0.05, 0) is 12.1 Å². The van der Waals surface area contributed by atoms with Crippen molar-refractivity contribution in [2.45, 2.75) is 0 Å². The van der Waals surface area contributed by atoms with E-state index in [9.17, 15) is 9.59 Å². The molecule has 23 heavy (non-hydrogen) atoms. The zero-order valence-electron chi connectivity index (χ0n) is 12.7. The molecule has 2 aromatic heterocycles. The van der Waals surface area contributed by atoms with Gasteiger partial charge >= 0.3 is 5.69 Å². The maximum Gasteiger partial charge on any atom is 0.329 e. The molecule has 0 aliphatic rings. The Bertz CT molecular complexity index is 1010. The van der Waals surface area contributed by atoms with E-state index in [-0.39, 0.29) is 17.0 Å². The van der Waals surface area contributed by atoms with Gasteiger partial charge in [0.05, 0.1) is 19.8 Å². The maximum absolute atomic E-state index is 12.1. The Labute approximate surface area is 129 Å². The molecule has 1 N–H and O–H groups in total. The summed E-state index contributed by atoms with van der Waals surface area (Å²) in [6, 6.07) is 5.10. The van der Waals surface area contributed by atoms with E-state index in [1.807, 2.05) is 0 Å². The highest BCUT2D eigenvalue weighted by molar-refractivity contribution is 5.72. The van der Waals surface area contributed by atoms with Crippen LogP contribution in [0.3, 0.4) is 0 Å². The van der Waals surface area contributed by atoms with Gasteiger partial charge in [-0.25, -0.2) is 9.78 Å². The van der Waals surface area contributed by atoms with Gasteiger partial charge in [0.2, 0.25) is 0 Å². The summed E-state index contributed by atoms with van der Waals surface area (Å²) in [4.78, 5) is 30.4. The Morgan fingerprint density at radius 2 is 1.91 bits per heavy atom. The Balaban J connectivity index is 2.26. The third-order valence-electron chi connectivity index (χ3n) is 3.37. The van der Waals surface area contributed by atoms with E-state index in [1.54, 1.807) is 25.3 Å². The van der Waals surface area contributed by atoms with Gasteiger partial charge in [-0.15, -0.1) is 10.2 Å². The lowest BCUT2D eigenvalue weighted by Crippen LogP contribution is -2.33. The van der Waals surface area contributed by atoms with Crippen LogP contribution in [0.25, 0.3) is 22.6 Å². The van der Waals surface area contributed by atoms with Gasteiger partial charge in [-0.2, -0.15) is 0 Å². The molecule has 0 aliphatic carbocycles. The van der Waals surface area contributed by atoms with Crippen molar-refractivity contribution in [2.75, 3.05) is 14.2 Å². The highest BCUT2D eigenvalue weighted by Crippen LogP contribution is 2.31. The summed E-state index contributed by atoms with van der Waals surface area (Å²) in [6.07, 6.45) is 0. The van der Waals surface area contributed by atoms with Gasteiger partial charge in [0.1, 0.15) is 11.5 Å². The van der Waals surface area contributed by atoms with Crippen molar-refractivity contribution in [3.05, 3.63) is 39.0 Å². The van der Waals surface area contributed by atoms with Gasteiger partial charge in [-0.3, -0.25) is 14.3 Å². The molecule has 0 fully saturated rings. The number of nitrogens with one attached hydrogen (secondary N) is 1. The molecule has 2 heterocycles. The van der Waals surface area contributed by atoms with E-state index >= 15 is 0 Å². The van der Waals surface area contributed by atoms with E-state index in [2.05, 4.69) is 20.2 Å². The molecular weight excluding hydrogens is 302 g/mol. The summed E-state index contributed by atoms with van der Waals surface area (Å²) >= 11 is 0. The number of aromatic nitrogens is 5. The number of hydrogen-bond donors (Lipinski definition) is 1. The normalized spacial score (nSPS) is 10.7. The summed E-state index contributed by atoms with van der Waals surface area (Å²) in [5.74, 6) is 1.30. The first-order chi connectivity index (χ1) is 11.0. The Morgan fingerprint density at radius 3 is 2.61 bits per heavy atom. The van der Waals surface area contributed by atoms with Crippen molar-refractivity contribution in [1.82, 2.24) is 24.7 Å². The molecule has 0 bridgehead atoms. The zero-order chi connectivity index (χ0) is 16.6. The number of H-pyrrole nitrogens is 1. The van der Waals surface area contributed by atoms with Crippen molar-refractivity contribution >= 4 is 11.2 Å². The van der Waals surface area contributed by atoms with Crippen LogP contribution in [0.15, 0.2) is 27.8 Å². The van der Waals surface area contributed by atoms with Gasteiger partial charge < -0.3 is 9.47 Å². The Hall–Kier alpha value is -3.23. The predicted molar refractivity (Wildman–Crippen MR) is 81.7 cm³/mol. The lowest BCUT2D eigenvalue weighted by Gasteiger charge is -2.09. The molecule has 0 spiro atoms. The van der Waals surface area contributed by atoms with Crippen LogP contribution in [-0.2, 0) is 7.05 Å². The smallest absolute Gasteiger partial charge is 0.329 e. The summed E-state index contributed by atoms with van der Waals surface area (Å²) < 4.78 is 11.4. The average Bonchev–Trinajstić information content (AvgIpc) is 2.59. The molecule has 9 heteroatoms. The summed E-state index contributed by atoms with van der Waals surface area (Å²) in [5, 5.41) is 7.82. The fourth-order valence-corrected chi connectivity index (χ4v) is 2.09. The largest absolute Gasteiger partial charge is 0.497 e. The average molecular weight is 315 g/mol. The summed E-state index contributed by atoms with van der Waals surface area (Å²) in [5.41, 5.74) is -0.513. The second-order valence-electron chi connectivity index (χ2n) is 4.69. The van der Waals surface area contributed by atoms with E-state index in [0.717, 1.165) is 4.57 Å². The number of methoxy groups -OCH3 is 2. The molecule has 0 saturated carbocycles. The predicted octanol–water partition coefficient (Wildman–Crippen LogP) is 0.0960. The van der Waals surface area contributed by atoms with Crippen molar-refractivity contribution < 1.29 is 9.47 Å². The van der Waals surface area contributed by atoms with E-state index < -0.39 is 11.2 Å². The molecule has 0 amide bonds. The molecule has 0 unspecified atom stereocenters. The van der Waals surface area contributed by atoms with Crippen LogP contribution in [0.5, 0.6) is 11.5 Å². The molecule has 3 rings (SSSR count). The monoisotopic (exact) mass is 315 g/mol. The van der Waals surface area contributed by atoms with Gasteiger partial charge in [0, 0.05) is 13.1 Å². The quantitative estimate of drug-likeness (QED) is 0.729. The van der Waals surface area contributed by atoms with E-state index in [4.69, 9.17) is 9.47 Å². The van der Waals surface area contributed by atoms with Gasteiger partial charge in [0.25, 0.3) is 5.56 Å². The minimum atomic E-state index is -0.576. The first-order valence-electron chi connectivity index (χ1n) is 6.61. The number of hydrogen-bond acceptors (Lipinski definition) is 7. The second-order valence-corrected chi connectivity index (χ2v) is 4.69. The topological polar surface area (TPSA) is 112 Å². The highest BCUT2D eigenvalue weighted by Gasteiger charge is 2.14. The Kier molecular flexibility index (Phi) is 3.53. The molecule has 0 radical (unpaired) electrons. The lowest BCUT2D eigenvalue weighted by molar-refractivity contribution is 0.395. The van der Waals surface area contributed by atoms with Gasteiger partial charge in [0.15, 0.2) is 17.0 Å². The van der Waals surface area contributed by atoms with Crippen LogP contribution in [0, 0.1) is 0 Å². The van der Waals surface area contributed by atoms with Crippen molar-refractivity contribution in [3.63, 3.8) is 0 Å². The maximum atomic E-state index is 12.1. The number of aromatic amines is 1. The van der Waals surface area contributed by atoms with Crippen LogP contribution in [-0.4, -0.2) is 39.0 Å². The van der Waals surface area contributed by atoms with Crippen LogP contribution < -0.4 is 20.7 Å². The van der Waals surface area contributed by atoms with Crippen molar-refractivity contribution in [3.8, 4) is 22.9 Å². The molecule has 1 aromatic carbocycles. The van der Waals surface area contributed by atoms with Crippen LogP contribution >= 0.6 is 0 Å². The number of fused-ring (bicyclic) bond motifs is 1. The number of rotatable bonds is 3. The summed E-state index contributed by atoms with van der Waals surface area (Å²) in [6.45, 7) is 0. The second kappa shape index (κ2) is 5.52. The number of benzene rings is 1. The third kappa shape index (κ3) is 2.41. The molecule has 118 valence electrons. The fraction of sp³-hybridized carbons (Fsp3) is 0.214. The fourth-order valence-electron chi connectivity index (χ4n) is 2.09.